The second-order valence-electron chi connectivity index (χ2n) is 6.26. The summed E-state index contributed by atoms with van der Waals surface area (Å²) in [7, 11) is 4.43. The molecular formula is C15H30N6. The summed E-state index contributed by atoms with van der Waals surface area (Å²) in [6.07, 6.45) is 4.71. The van der Waals surface area contributed by atoms with Crippen LogP contribution in [-0.4, -0.2) is 71.6 Å². The molecule has 6 heteroatoms. The van der Waals surface area contributed by atoms with Crippen molar-refractivity contribution < 1.29 is 0 Å². The van der Waals surface area contributed by atoms with Gasteiger partial charge in [0.05, 0.1) is 12.2 Å². The van der Waals surface area contributed by atoms with Crippen LogP contribution in [0.2, 0.25) is 0 Å². The number of aromatic nitrogens is 3. The third kappa shape index (κ3) is 5.73. The van der Waals surface area contributed by atoms with Gasteiger partial charge in [-0.15, -0.1) is 5.10 Å². The first-order chi connectivity index (χ1) is 10.2. The van der Waals surface area contributed by atoms with Crippen molar-refractivity contribution in [3.8, 4) is 0 Å². The van der Waals surface area contributed by atoms with Crippen molar-refractivity contribution in [2.24, 2.45) is 5.92 Å². The Morgan fingerprint density at radius 1 is 1.38 bits per heavy atom. The third-order valence-corrected chi connectivity index (χ3v) is 4.26. The van der Waals surface area contributed by atoms with Crippen LogP contribution < -0.4 is 5.32 Å². The molecule has 1 aromatic rings. The minimum atomic E-state index is 0.807. The number of nitrogens with zero attached hydrogens (tertiary/aromatic N) is 5. The van der Waals surface area contributed by atoms with Gasteiger partial charge in [-0.25, -0.2) is 0 Å². The Bertz CT molecular complexity index is 397. The van der Waals surface area contributed by atoms with E-state index in [0.29, 0.717) is 0 Å². The van der Waals surface area contributed by atoms with E-state index < -0.39 is 0 Å². The SMILES string of the molecule is CCNCc1cn(CCN(C)CC2CCN(C)CC2)nn1. The molecule has 0 bridgehead atoms. The van der Waals surface area contributed by atoms with E-state index in [1.807, 2.05) is 10.9 Å². The summed E-state index contributed by atoms with van der Waals surface area (Å²) in [5, 5.41) is 11.6. The third-order valence-electron chi connectivity index (χ3n) is 4.26. The largest absolute Gasteiger partial charge is 0.311 e. The lowest BCUT2D eigenvalue weighted by Crippen LogP contribution is -2.36. The summed E-state index contributed by atoms with van der Waals surface area (Å²) in [5.41, 5.74) is 1.02. The highest BCUT2D eigenvalue weighted by atomic mass is 15.4. The number of likely N-dealkylation sites (tertiary alicyclic amines) is 1. The fourth-order valence-electron chi connectivity index (χ4n) is 2.83. The van der Waals surface area contributed by atoms with Gasteiger partial charge in [0.2, 0.25) is 0 Å². The molecule has 120 valence electrons. The van der Waals surface area contributed by atoms with Gasteiger partial charge in [-0.3, -0.25) is 4.68 Å². The summed E-state index contributed by atoms with van der Waals surface area (Å²) in [6.45, 7) is 9.52. The van der Waals surface area contributed by atoms with Gasteiger partial charge < -0.3 is 15.1 Å². The van der Waals surface area contributed by atoms with Crippen LogP contribution >= 0.6 is 0 Å². The monoisotopic (exact) mass is 294 g/mol. The van der Waals surface area contributed by atoms with Gasteiger partial charge in [0, 0.05) is 25.8 Å². The highest BCUT2D eigenvalue weighted by Gasteiger charge is 2.17. The molecule has 1 N–H and O–H groups in total. The Kier molecular flexibility index (Phi) is 6.60. The number of nitrogens with one attached hydrogen (secondary N) is 1. The molecule has 1 fully saturated rings. The first-order valence-corrected chi connectivity index (χ1v) is 8.14. The van der Waals surface area contributed by atoms with E-state index in [0.717, 1.165) is 37.8 Å². The van der Waals surface area contributed by atoms with Crippen molar-refractivity contribution in [2.45, 2.75) is 32.9 Å². The van der Waals surface area contributed by atoms with Gasteiger partial charge >= 0.3 is 0 Å². The number of likely N-dealkylation sites (N-methyl/N-ethyl adjacent to an activating group) is 1. The zero-order valence-electron chi connectivity index (χ0n) is 13.8. The van der Waals surface area contributed by atoms with E-state index in [4.69, 9.17) is 0 Å². The predicted octanol–water partition coefficient (Wildman–Crippen LogP) is 0.661. The predicted molar refractivity (Wildman–Crippen MR) is 85.1 cm³/mol. The summed E-state index contributed by atoms with van der Waals surface area (Å²) >= 11 is 0. The van der Waals surface area contributed by atoms with Crippen molar-refractivity contribution in [3.63, 3.8) is 0 Å². The van der Waals surface area contributed by atoms with Gasteiger partial charge in [0.15, 0.2) is 0 Å². The molecule has 0 unspecified atom stereocenters. The van der Waals surface area contributed by atoms with E-state index >= 15 is 0 Å². The maximum Gasteiger partial charge on any atom is 0.0964 e. The van der Waals surface area contributed by atoms with Crippen LogP contribution in [0, 0.1) is 5.92 Å². The molecule has 0 aliphatic carbocycles. The fraction of sp³-hybridized carbons (Fsp3) is 0.867. The zero-order valence-corrected chi connectivity index (χ0v) is 13.8. The minimum Gasteiger partial charge on any atom is -0.311 e. The Labute approximate surface area is 128 Å². The molecule has 0 saturated carbocycles. The number of hydrogen-bond donors (Lipinski definition) is 1. The smallest absolute Gasteiger partial charge is 0.0964 e. The second kappa shape index (κ2) is 8.46. The quantitative estimate of drug-likeness (QED) is 0.763. The first-order valence-electron chi connectivity index (χ1n) is 8.14. The van der Waals surface area contributed by atoms with E-state index in [1.54, 1.807) is 0 Å². The Morgan fingerprint density at radius 3 is 2.86 bits per heavy atom. The van der Waals surface area contributed by atoms with Gasteiger partial charge in [0.1, 0.15) is 0 Å². The molecule has 6 nitrogen and oxygen atoms in total. The maximum atomic E-state index is 4.19. The minimum absolute atomic E-state index is 0.807. The topological polar surface area (TPSA) is 49.2 Å². The normalized spacial score (nSPS) is 17.7. The van der Waals surface area contributed by atoms with Crippen molar-refractivity contribution >= 4 is 0 Å². The van der Waals surface area contributed by atoms with Crippen LogP contribution in [0.4, 0.5) is 0 Å². The highest BCUT2D eigenvalue weighted by molar-refractivity contribution is 4.91. The Hall–Kier alpha value is -0.980. The molecule has 1 saturated heterocycles. The van der Waals surface area contributed by atoms with E-state index in [9.17, 15) is 0 Å². The molecule has 0 atom stereocenters. The number of hydrogen-bond acceptors (Lipinski definition) is 5. The van der Waals surface area contributed by atoms with Crippen molar-refractivity contribution in [2.75, 3.05) is 46.8 Å². The summed E-state index contributed by atoms with van der Waals surface area (Å²) in [6, 6.07) is 0. The van der Waals surface area contributed by atoms with Crippen LogP contribution in [0.25, 0.3) is 0 Å². The van der Waals surface area contributed by atoms with Gasteiger partial charge in [-0.05, 0) is 52.5 Å². The Balaban J connectivity index is 1.66. The molecule has 2 rings (SSSR count). The summed E-state index contributed by atoms with van der Waals surface area (Å²) in [5.74, 6) is 0.853. The van der Waals surface area contributed by atoms with Crippen molar-refractivity contribution in [3.05, 3.63) is 11.9 Å². The molecule has 21 heavy (non-hydrogen) atoms. The lowest BCUT2D eigenvalue weighted by Gasteiger charge is -2.31. The molecule has 0 spiro atoms. The van der Waals surface area contributed by atoms with Crippen LogP contribution in [0.5, 0.6) is 0 Å². The van der Waals surface area contributed by atoms with Crippen LogP contribution in [0.1, 0.15) is 25.5 Å². The number of rotatable bonds is 8. The van der Waals surface area contributed by atoms with Crippen LogP contribution in [-0.2, 0) is 13.1 Å². The van der Waals surface area contributed by atoms with Crippen molar-refractivity contribution in [1.29, 1.82) is 0 Å². The molecule has 0 aromatic carbocycles. The molecule has 2 heterocycles. The maximum absolute atomic E-state index is 4.19. The molecule has 0 radical (unpaired) electrons. The summed E-state index contributed by atoms with van der Waals surface area (Å²) in [4.78, 5) is 4.86. The van der Waals surface area contributed by atoms with E-state index in [-0.39, 0.29) is 0 Å². The molecule has 1 aromatic heterocycles. The standard InChI is InChI=1S/C15H30N6/c1-4-16-11-15-13-21(18-17-15)10-9-20(3)12-14-5-7-19(2)8-6-14/h13-14,16H,4-12H2,1-3H3. The zero-order chi connectivity index (χ0) is 15.1. The fourth-order valence-corrected chi connectivity index (χ4v) is 2.83. The lowest BCUT2D eigenvalue weighted by molar-refractivity contribution is 0.173. The molecular weight excluding hydrogens is 264 g/mol. The van der Waals surface area contributed by atoms with Crippen molar-refractivity contribution in [1.82, 2.24) is 30.1 Å². The lowest BCUT2D eigenvalue weighted by atomic mass is 9.97. The first kappa shape index (κ1) is 16.4. The van der Waals surface area contributed by atoms with Gasteiger partial charge in [-0.2, -0.15) is 0 Å². The molecule has 1 aliphatic rings. The summed E-state index contributed by atoms with van der Waals surface area (Å²) < 4.78 is 1.96. The molecule has 0 amide bonds. The van der Waals surface area contributed by atoms with Gasteiger partial charge in [0.25, 0.3) is 0 Å². The van der Waals surface area contributed by atoms with E-state index in [2.05, 4.69) is 46.4 Å². The number of piperidine rings is 1. The van der Waals surface area contributed by atoms with Crippen LogP contribution in [0.3, 0.4) is 0 Å². The average Bonchev–Trinajstić information content (AvgIpc) is 2.93. The second-order valence-corrected chi connectivity index (χ2v) is 6.26. The molecule has 1 aliphatic heterocycles. The highest BCUT2D eigenvalue weighted by Crippen LogP contribution is 2.16. The average molecular weight is 294 g/mol. The van der Waals surface area contributed by atoms with Gasteiger partial charge in [-0.1, -0.05) is 12.1 Å². The van der Waals surface area contributed by atoms with E-state index in [1.165, 1.54) is 32.5 Å². The van der Waals surface area contributed by atoms with Crippen LogP contribution in [0.15, 0.2) is 6.20 Å². The Morgan fingerprint density at radius 2 is 2.14 bits per heavy atom.